The third kappa shape index (κ3) is 5.03. The molecule has 4 nitrogen and oxygen atoms in total. The van der Waals surface area contributed by atoms with E-state index in [1.54, 1.807) is 0 Å². The van der Waals surface area contributed by atoms with Crippen molar-refractivity contribution in [3.05, 3.63) is 70.0 Å². The molecule has 6 heteroatoms. The van der Waals surface area contributed by atoms with Gasteiger partial charge in [0.1, 0.15) is 5.82 Å². The molecule has 0 saturated heterocycles. The van der Waals surface area contributed by atoms with Crippen LogP contribution in [0.4, 0.5) is 4.39 Å². The summed E-state index contributed by atoms with van der Waals surface area (Å²) < 4.78 is 18.7. The van der Waals surface area contributed by atoms with Crippen molar-refractivity contribution < 1.29 is 18.7 Å². The molecule has 0 spiro atoms. The molecule has 0 radical (unpaired) electrons. The van der Waals surface area contributed by atoms with Gasteiger partial charge in [-0.3, -0.25) is 9.59 Å². The smallest absolute Gasteiger partial charge is 0.307 e. The van der Waals surface area contributed by atoms with Gasteiger partial charge in [-0.2, -0.15) is 0 Å². The average Bonchev–Trinajstić information content (AvgIpc) is 2.59. The van der Waals surface area contributed by atoms with Crippen molar-refractivity contribution in [1.82, 2.24) is 4.90 Å². The number of aryl methyl sites for hydroxylation is 1. The molecule has 25 heavy (non-hydrogen) atoms. The lowest BCUT2D eigenvalue weighted by Gasteiger charge is -2.23. The van der Waals surface area contributed by atoms with E-state index in [2.05, 4.69) is 4.74 Å². The second-order valence-electron chi connectivity index (χ2n) is 5.64. The maximum absolute atomic E-state index is 14.1. The van der Waals surface area contributed by atoms with Crippen LogP contribution in [0.15, 0.2) is 42.5 Å². The summed E-state index contributed by atoms with van der Waals surface area (Å²) >= 11 is 6.00. The van der Waals surface area contributed by atoms with Crippen molar-refractivity contribution in [1.29, 1.82) is 0 Å². The van der Waals surface area contributed by atoms with Gasteiger partial charge in [-0.1, -0.05) is 47.5 Å². The zero-order valence-electron chi connectivity index (χ0n) is 14.1. The van der Waals surface area contributed by atoms with Gasteiger partial charge in [0, 0.05) is 13.1 Å². The van der Waals surface area contributed by atoms with Crippen molar-refractivity contribution in [2.75, 3.05) is 13.7 Å². The number of benzene rings is 2. The largest absolute Gasteiger partial charge is 0.469 e. The fourth-order valence-corrected chi connectivity index (χ4v) is 2.60. The van der Waals surface area contributed by atoms with Gasteiger partial charge in [-0.25, -0.2) is 4.39 Å². The number of methoxy groups -OCH3 is 1. The van der Waals surface area contributed by atoms with Crippen LogP contribution in [0.1, 0.15) is 27.9 Å². The molecule has 0 bridgehead atoms. The van der Waals surface area contributed by atoms with Gasteiger partial charge in [0.15, 0.2) is 0 Å². The van der Waals surface area contributed by atoms with E-state index in [1.807, 2.05) is 31.2 Å². The van der Waals surface area contributed by atoms with Crippen LogP contribution in [-0.2, 0) is 16.1 Å². The van der Waals surface area contributed by atoms with Gasteiger partial charge in [0.05, 0.1) is 24.1 Å². The van der Waals surface area contributed by atoms with Crippen LogP contribution >= 0.6 is 11.6 Å². The van der Waals surface area contributed by atoms with E-state index in [0.29, 0.717) is 0 Å². The van der Waals surface area contributed by atoms with E-state index in [1.165, 1.54) is 30.2 Å². The molecule has 0 fully saturated rings. The Balaban J connectivity index is 2.27. The number of carbonyl (C=O) groups excluding carboxylic acids is 2. The first-order valence-electron chi connectivity index (χ1n) is 7.78. The van der Waals surface area contributed by atoms with Gasteiger partial charge >= 0.3 is 5.97 Å². The lowest BCUT2D eigenvalue weighted by Crippen LogP contribution is -2.33. The third-order valence-corrected chi connectivity index (χ3v) is 4.09. The maximum atomic E-state index is 14.1. The van der Waals surface area contributed by atoms with E-state index in [4.69, 9.17) is 11.6 Å². The molecule has 1 amide bonds. The number of rotatable bonds is 6. The van der Waals surface area contributed by atoms with E-state index in [9.17, 15) is 14.0 Å². The molecule has 0 aliphatic carbocycles. The molecule has 132 valence electrons. The Kier molecular flexibility index (Phi) is 6.53. The molecule has 2 rings (SSSR count). The standard InChI is InChI=1S/C19H19ClFNO3/c1-13-6-8-14(9-7-13)12-22(11-10-17(23)25-2)19(24)18-15(20)4-3-5-16(18)21/h3-9H,10-12H2,1-2H3. The fourth-order valence-electron chi connectivity index (χ4n) is 2.35. The number of esters is 1. The van der Waals surface area contributed by atoms with Gasteiger partial charge < -0.3 is 9.64 Å². The highest BCUT2D eigenvalue weighted by Gasteiger charge is 2.23. The van der Waals surface area contributed by atoms with Crippen molar-refractivity contribution in [2.45, 2.75) is 19.9 Å². The highest BCUT2D eigenvalue weighted by atomic mass is 35.5. The summed E-state index contributed by atoms with van der Waals surface area (Å²) in [6.07, 6.45) is 0.0141. The molecule has 0 saturated carbocycles. The molecule has 0 aliphatic heterocycles. The zero-order chi connectivity index (χ0) is 18.4. The minimum atomic E-state index is -0.690. The van der Waals surface area contributed by atoms with Crippen LogP contribution < -0.4 is 0 Å². The summed E-state index contributed by atoms with van der Waals surface area (Å²) in [5.74, 6) is -1.70. The summed E-state index contributed by atoms with van der Waals surface area (Å²) in [5, 5.41) is 0.0389. The lowest BCUT2D eigenvalue weighted by molar-refractivity contribution is -0.140. The van der Waals surface area contributed by atoms with Gasteiger partial charge in [0.25, 0.3) is 5.91 Å². The Hall–Kier alpha value is -2.40. The van der Waals surface area contributed by atoms with Gasteiger partial charge in [-0.05, 0) is 24.6 Å². The lowest BCUT2D eigenvalue weighted by atomic mass is 10.1. The van der Waals surface area contributed by atoms with Crippen LogP contribution in [0.2, 0.25) is 5.02 Å². The van der Waals surface area contributed by atoms with Crippen molar-refractivity contribution >= 4 is 23.5 Å². The number of carbonyl (C=O) groups is 2. The minimum Gasteiger partial charge on any atom is -0.469 e. The van der Waals surface area contributed by atoms with E-state index >= 15 is 0 Å². The minimum absolute atomic E-state index is 0.0141. The molecule has 0 N–H and O–H groups in total. The van der Waals surface area contributed by atoms with Crippen molar-refractivity contribution in [3.63, 3.8) is 0 Å². The Labute approximate surface area is 151 Å². The number of nitrogens with zero attached hydrogens (tertiary/aromatic N) is 1. The molecule has 0 unspecified atom stereocenters. The van der Waals surface area contributed by atoms with Crippen LogP contribution in [0, 0.1) is 12.7 Å². The Morgan fingerprint density at radius 3 is 2.44 bits per heavy atom. The predicted octanol–water partition coefficient (Wildman–Crippen LogP) is 3.99. The van der Waals surface area contributed by atoms with E-state index < -0.39 is 17.7 Å². The first-order valence-corrected chi connectivity index (χ1v) is 8.16. The summed E-state index contributed by atoms with van der Waals surface area (Å²) in [5.41, 5.74) is 1.77. The first-order chi connectivity index (χ1) is 11.9. The van der Waals surface area contributed by atoms with Crippen LogP contribution in [0.25, 0.3) is 0 Å². The van der Waals surface area contributed by atoms with Crippen LogP contribution in [-0.4, -0.2) is 30.4 Å². The van der Waals surface area contributed by atoms with Crippen LogP contribution in [0.5, 0.6) is 0 Å². The molecule has 2 aromatic carbocycles. The molecule has 0 heterocycles. The van der Waals surface area contributed by atoms with Crippen molar-refractivity contribution in [2.24, 2.45) is 0 Å². The molecular weight excluding hydrogens is 345 g/mol. The first kappa shape index (κ1) is 18.9. The molecule has 2 aromatic rings. The van der Waals surface area contributed by atoms with Crippen LogP contribution in [0.3, 0.4) is 0 Å². The number of hydrogen-bond acceptors (Lipinski definition) is 3. The predicted molar refractivity (Wildman–Crippen MR) is 94.0 cm³/mol. The van der Waals surface area contributed by atoms with Gasteiger partial charge in [0.2, 0.25) is 0 Å². The Morgan fingerprint density at radius 1 is 1.16 bits per heavy atom. The monoisotopic (exact) mass is 363 g/mol. The topological polar surface area (TPSA) is 46.6 Å². The third-order valence-electron chi connectivity index (χ3n) is 3.77. The Bertz CT molecular complexity index is 742. The molecule has 0 aromatic heterocycles. The second kappa shape index (κ2) is 8.62. The zero-order valence-corrected chi connectivity index (χ0v) is 14.8. The fraction of sp³-hybridized carbons (Fsp3) is 0.263. The highest BCUT2D eigenvalue weighted by Crippen LogP contribution is 2.22. The normalized spacial score (nSPS) is 10.4. The number of amides is 1. The quantitative estimate of drug-likeness (QED) is 0.729. The number of hydrogen-bond donors (Lipinski definition) is 0. The summed E-state index contributed by atoms with van der Waals surface area (Å²) in [7, 11) is 1.28. The highest BCUT2D eigenvalue weighted by molar-refractivity contribution is 6.33. The summed E-state index contributed by atoms with van der Waals surface area (Å²) in [6.45, 7) is 2.30. The average molecular weight is 364 g/mol. The van der Waals surface area contributed by atoms with Gasteiger partial charge in [-0.15, -0.1) is 0 Å². The van der Waals surface area contributed by atoms with E-state index in [-0.39, 0.29) is 30.1 Å². The molecule has 0 aliphatic rings. The number of halogens is 2. The second-order valence-corrected chi connectivity index (χ2v) is 6.04. The maximum Gasteiger partial charge on any atom is 0.307 e. The van der Waals surface area contributed by atoms with E-state index in [0.717, 1.165) is 11.1 Å². The Morgan fingerprint density at radius 2 is 1.84 bits per heavy atom. The number of ether oxygens (including phenoxy) is 1. The van der Waals surface area contributed by atoms with Crippen molar-refractivity contribution in [3.8, 4) is 0 Å². The SMILES string of the molecule is COC(=O)CCN(Cc1ccc(C)cc1)C(=O)c1c(F)cccc1Cl. The summed E-state index contributed by atoms with van der Waals surface area (Å²) in [6, 6.07) is 11.7. The molecular formula is C19H19ClFNO3. The summed E-state index contributed by atoms with van der Waals surface area (Å²) in [4.78, 5) is 25.6. The molecule has 0 atom stereocenters.